The number of hydrogen-bond donors (Lipinski definition) is 1. The number of para-hydroxylation sites is 1. The zero-order chi connectivity index (χ0) is 17.5. The molecule has 1 aliphatic heterocycles. The molecule has 0 saturated carbocycles. The Morgan fingerprint density at radius 2 is 2.12 bits per heavy atom. The molecule has 136 valence electrons. The average molecular weight is 365 g/mol. The monoisotopic (exact) mass is 364 g/mol. The zero-order valence-electron chi connectivity index (χ0n) is 14.9. The Morgan fingerprint density at radius 1 is 1.40 bits per heavy atom. The molecule has 1 atom stereocenters. The molecule has 1 aliphatic rings. The van der Waals surface area contributed by atoms with Gasteiger partial charge in [0.1, 0.15) is 6.54 Å². The largest absolute Gasteiger partial charge is 0.340 e. The highest BCUT2D eigenvalue weighted by atomic mass is 35.5. The van der Waals surface area contributed by atoms with Gasteiger partial charge in [-0.3, -0.25) is 14.2 Å². The second-order valence-electron chi connectivity index (χ2n) is 7.35. The highest BCUT2D eigenvalue weighted by molar-refractivity contribution is 5.85. The Kier molecular flexibility index (Phi) is 5.54. The van der Waals surface area contributed by atoms with Gasteiger partial charge in [0.15, 0.2) is 0 Å². The molecule has 2 heterocycles. The number of nitrogens with zero attached hydrogens (tertiary/aromatic N) is 3. The number of hydrogen-bond acceptors (Lipinski definition) is 4. The number of amides is 1. The molecule has 1 saturated heterocycles. The predicted octanol–water partition coefficient (Wildman–Crippen LogP) is 1.71. The summed E-state index contributed by atoms with van der Waals surface area (Å²) in [6.07, 6.45) is 2.25. The lowest BCUT2D eigenvalue weighted by molar-refractivity contribution is -0.135. The van der Waals surface area contributed by atoms with Crippen molar-refractivity contribution in [3.8, 4) is 0 Å². The zero-order valence-corrected chi connectivity index (χ0v) is 15.7. The molecule has 2 N–H and O–H groups in total. The first-order chi connectivity index (χ1) is 11.3. The lowest BCUT2D eigenvalue weighted by atomic mass is 9.79. The van der Waals surface area contributed by atoms with Gasteiger partial charge in [0, 0.05) is 19.1 Å². The molecule has 1 unspecified atom stereocenters. The van der Waals surface area contributed by atoms with Gasteiger partial charge in [-0.1, -0.05) is 26.0 Å². The van der Waals surface area contributed by atoms with Gasteiger partial charge in [-0.25, -0.2) is 4.98 Å². The number of rotatable bonds is 2. The minimum absolute atomic E-state index is 0. The van der Waals surface area contributed by atoms with Crippen LogP contribution in [0.15, 0.2) is 29.3 Å². The van der Waals surface area contributed by atoms with Crippen molar-refractivity contribution in [1.82, 2.24) is 14.5 Å². The predicted molar refractivity (Wildman–Crippen MR) is 101 cm³/mol. The van der Waals surface area contributed by atoms with E-state index < -0.39 is 0 Å². The van der Waals surface area contributed by atoms with Gasteiger partial charge < -0.3 is 10.6 Å². The van der Waals surface area contributed by atoms with Gasteiger partial charge in [0.25, 0.3) is 5.56 Å². The van der Waals surface area contributed by atoms with Crippen molar-refractivity contribution >= 4 is 29.2 Å². The van der Waals surface area contributed by atoms with Gasteiger partial charge in [-0.05, 0) is 30.4 Å². The Morgan fingerprint density at radius 3 is 2.80 bits per heavy atom. The topological polar surface area (TPSA) is 81.2 Å². The van der Waals surface area contributed by atoms with E-state index in [4.69, 9.17) is 5.73 Å². The number of carbonyl (C=O) groups excluding carboxylic acids is 1. The third-order valence-corrected chi connectivity index (χ3v) is 5.03. The van der Waals surface area contributed by atoms with E-state index in [-0.39, 0.29) is 41.9 Å². The van der Waals surface area contributed by atoms with E-state index in [0.29, 0.717) is 24.0 Å². The highest BCUT2D eigenvalue weighted by Crippen LogP contribution is 2.27. The van der Waals surface area contributed by atoms with Crippen molar-refractivity contribution in [2.75, 3.05) is 13.1 Å². The fourth-order valence-electron chi connectivity index (χ4n) is 3.28. The van der Waals surface area contributed by atoms with Crippen LogP contribution in [0.1, 0.15) is 25.8 Å². The van der Waals surface area contributed by atoms with Crippen LogP contribution in [-0.4, -0.2) is 39.5 Å². The maximum Gasteiger partial charge on any atom is 0.261 e. The van der Waals surface area contributed by atoms with Crippen LogP contribution in [0.3, 0.4) is 0 Å². The molecule has 2 aromatic rings. The molecular weight excluding hydrogens is 340 g/mol. The molecule has 1 aromatic heterocycles. The van der Waals surface area contributed by atoms with Crippen molar-refractivity contribution in [3.63, 3.8) is 0 Å². The summed E-state index contributed by atoms with van der Waals surface area (Å²) in [4.78, 5) is 31.4. The summed E-state index contributed by atoms with van der Waals surface area (Å²) < 4.78 is 1.39. The van der Waals surface area contributed by atoms with Gasteiger partial charge in [-0.2, -0.15) is 0 Å². The molecule has 1 fully saturated rings. The number of benzene rings is 1. The second kappa shape index (κ2) is 7.14. The summed E-state index contributed by atoms with van der Waals surface area (Å²) in [7, 11) is 0. The Bertz CT molecular complexity index is 847. The minimum Gasteiger partial charge on any atom is -0.340 e. The Balaban J connectivity index is 0.00000225. The normalized spacial score (nSPS) is 19.5. The highest BCUT2D eigenvalue weighted by Gasteiger charge is 2.35. The van der Waals surface area contributed by atoms with Gasteiger partial charge in [0.2, 0.25) is 5.91 Å². The van der Waals surface area contributed by atoms with Crippen molar-refractivity contribution in [2.45, 2.75) is 39.8 Å². The molecule has 6 nitrogen and oxygen atoms in total. The number of halogens is 1. The summed E-state index contributed by atoms with van der Waals surface area (Å²) in [6, 6.07) is 5.60. The maximum absolute atomic E-state index is 12.6. The second-order valence-corrected chi connectivity index (χ2v) is 7.35. The number of aromatic nitrogens is 2. The number of aryl methyl sites for hydroxylation is 1. The number of carbonyl (C=O) groups is 1. The van der Waals surface area contributed by atoms with Crippen LogP contribution in [-0.2, 0) is 11.3 Å². The number of piperidine rings is 1. The molecular formula is C18H25ClN4O2. The standard InChI is InChI=1S/C18H24N4O2.ClH/c1-12-5-4-6-13-16(12)20-11-22(17(13)24)9-15(23)21-8-7-14(19)18(2,3)10-21;/h4-6,11,14H,7-10,19H2,1-3H3;1H. The summed E-state index contributed by atoms with van der Waals surface area (Å²) in [5, 5.41) is 0.547. The van der Waals surface area contributed by atoms with Crippen molar-refractivity contribution in [2.24, 2.45) is 11.1 Å². The summed E-state index contributed by atoms with van der Waals surface area (Å²) in [5.74, 6) is -0.0640. The van der Waals surface area contributed by atoms with E-state index in [2.05, 4.69) is 18.8 Å². The third kappa shape index (κ3) is 3.70. The van der Waals surface area contributed by atoms with E-state index >= 15 is 0 Å². The van der Waals surface area contributed by atoms with E-state index in [1.54, 1.807) is 11.0 Å². The molecule has 3 rings (SSSR count). The van der Waals surface area contributed by atoms with E-state index in [9.17, 15) is 9.59 Å². The Hall–Kier alpha value is -1.92. The van der Waals surface area contributed by atoms with Crippen LogP contribution in [0.25, 0.3) is 10.9 Å². The molecule has 1 amide bonds. The number of likely N-dealkylation sites (tertiary alicyclic amines) is 1. The summed E-state index contributed by atoms with van der Waals surface area (Å²) in [5.41, 5.74) is 7.48. The average Bonchev–Trinajstić information content (AvgIpc) is 2.53. The number of nitrogens with two attached hydrogens (primary N) is 1. The first kappa shape index (κ1) is 19.4. The van der Waals surface area contributed by atoms with Crippen LogP contribution < -0.4 is 11.3 Å². The molecule has 1 aromatic carbocycles. The lowest BCUT2D eigenvalue weighted by Crippen LogP contribution is -2.54. The molecule has 0 aliphatic carbocycles. The van der Waals surface area contributed by atoms with Crippen molar-refractivity contribution in [3.05, 3.63) is 40.4 Å². The van der Waals surface area contributed by atoms with Gasteiger partial charge >= 0.3 is 0 Å². The molecule has 25 heavy (non-hydrogen) atoms. The minimum atomic E-state index is -0.176. The van der Waals surface area contributed by atoms with E-state index in [1.165, 1.54) is 10.9 Å². The lowest BCUT2D eigenvalue weighted by Gasteiger charge is -2.42. The fourth-order valence-corrected chi connectivity index (χ4v) is 3.28. The van der Waals surface area contributed by atoms with Crippen LogP contribution in [0, 0.1) is 12.3 Å². The van der Waals surface area contributed by atoms with Crippen molar-refractivity contribution in [1.29, 1.82) is 0 Å². The van der Waals surface area contributed by atoms with Crippen LogP contribution in [0.2, 0.25) is 0 Å². The van der Waals surface area contributed by atoms with Crippen LogP contribution in [0.4, 0.5) is 0 Å². The summed E-state index contributed by atoms with van der Waals surface area (Å²) >= 11 is 0. The molecule has 0 radical (unpaired) electrons. The van der Waals surface area contributed by atoms with Gasteiger partial charge in [0.05, 0.1) is 17.2 Å². The first-order valence-electron chi connectivity index (χ1n) is 8.28. The SMILES string of the molecule is Cc1cccc2c(=O)n(CC(=O)N3CCC(N)C(C)(C)C3)cnc12.Cl. The third-order valence-electron chi connectivity index (χ3n) is 5.03. The van der Waals surface area contributed by atoms with Crippen molar-refractivity contribution < 1.29 is 4.79 Å². The smallest absolute Gasteiger partial charge is 0.261 e. The van der Waals surface area contributed by atoms with Gasteiger partial charge in [-0.15, -0.1) is 12.4 Å². The Labute approximate surface area is 153 Å². The van der Waals surface area contributed by atoms with Crippen LogP contribution >= 0.6 is 12.4 Å². The molecule has 7 heteroatoms. The molecule has 0 bridgehead atoms. The quantitative estimate of drug-likeness (QED) is 0.879. The fraction of sp³-hybridized carbons (Fsp3) is 0.500. The first-order valence-corrected chi connectivity index (χ1v) is 8.28. The van der Waals surface area contributed by atoms with E-state index in [1.807, 2.05) is 19.1 Å². The molecule has 0 spiro atoms. The summed E-state index contributed by atoms with van der Waals surface area (Å²) in [6.45, 7) is 7.33. The van der Waals surface area contributed by atoms with Crippen LogP contribution in [0.5, 0.6) is 0 Å². The van der Waals surface area contributed by atoms with E-state index in [0.717, 1.165) is 12.0 Å². The maximum atomic E-state index is 12.6. The number of fused-ring (bicyclic) bond motifs is 1.